The van der Waals surface area contributed by atoms with E-state index in [0.29, 0.717) is 18.5 Å². The van der Waals surface area contributed by atoms with Crippen LogP contribution in [0.2, 0.25) is 0 Å². The molecule has 0 spiro atoms. The van der Waals surface area contributed by atoms with Gasteiger partial charge in [-0.3, -0.25) is 0 Å². The molecule has 0 atom stereocenters. The van der Waals surface area contributed by atoms with E-state index in [1.54, 1.807) is 0 Å². The van der Waals surface area contributed by atoms with E-state index >= 15 is 0 Å². The van der Waals surface area contributed by atoms with E-state index < -0.39 is 11.6 Å². The quantitative estimate of drug-likeness (QED) is 0.608. The Labute approximate surface area is 100.0 Å². The lowest BCUT2D eigenvalue weighted by molar-refractivity contribution is 0.292. The molecule has 0 amide bonds. The standard InChI is InChI=1S/C13H15F2NO/c1-3-5-6-17-13-11(14)7-10(8-12(13)15)9-16-4-2/h1,7-8,16H,4-6,9H2,2H3. The molecule has 0 radical (unpaired) electrons. The van der Waals surface area contributed by atoms with Crippen LogP contribution in [0.1, 0.15) is 18.9 Å². The Bertz CT molecular complexity index is 389. The zero-order valence-corrected chi connectivity index (χ0v) is 9.72. The number of halogens is 2. The van der Waals surface area contributed by atoms with Crippen LogP contribution in [-0.2, 0) is 6.54 Å². The van der Waals surface area contributed by atoms with Crippen LogP contribution in [0, 0.1) is 24.0 Å². The third kappa shape index (κ3) is 4.04. The topological polar surface area (TPSA) is 21.3 Å². The van der Waals surface area contributed by atoms with Gasteiger partial charge in [-0.15, -0.1) is 12.3 Å². The predicted octanol–water partition coefficient (Wildman–Crippen LogP) is 2.48. The Hall–Kier alpha value is -1.60. The first kappa shape index (κ1) is 13.5. The molecule has 2 nitrogen and oxygen atoms in total. The normalized spacial score (nSPS) is 10.0. The van der Waals surface area contributed by atoms with E-state index in [2.05, 4.69) is 11.2 Å². The predicted molar refractivity (Wildman–Crippen MR) is 62.7 cm³/mol. The molecule has 0 unspecified atom stereocenters. The Morgan fingerprint density at radius 2 is 2.00 bits per heavy atom. The molecule has 0 aromatic heterocycles. The largest absolute Gasteiger partial charge is 0.487 e. The van der Waals surface area contributed by atoms with Crippen molar-refractivity contribution in [3.05, 3.63) is 29.3 Å². The molecule has 92 valence electrons. The van der Waals surface area contributed by atoms with E-state index in [0.717, 1.165) is 6.54 Å². The number of hydrogen-bond acceptors (Lipinski definition) is 2. The summed E-state index contributed by atoms with van der Waals surface area (Å²) >= 11 is 0. The molecule has 1 N–H and O–H groups in total. The summed E-state index contributed by atoms with van der Waals surface area (Å²) in [4.78, 5) is 0. The van der Waals surface area contributed by atoms with Gasteiger partial charge in [-0.1, -0.05) is 6.92 Å². The van der Waals surface area contributed by atoms with Gasteiger partial charge in [0.25, 0.3) is 0 Å². The minimum Gasteiger partial charge on any atom is -0.487 e. The molecule has 0 saturated heterocycles. The fourth-order valence-corrected chi connectivity index (χ4v) is 1.33. The summed E-state index contributed by atoms with van der Waals surface area (Å²) in [6.07, 6.45) is 5.34. The molecule has 0 bridgehead atoms. The monoisotopic (exact) mass is 239 g/mol. The van der Waals surface area contributed by atoms with Crippen LogP contribution in [-0.4, -0.2) is 13.2 Å². The highest BCUT2D eigenvalue weighted by Crippen LogP contribution is 2.23. The fraction of sp³-hybridized carbons (Fsp3) is 0.385. The average molecular weight is 239 g/mol. The van der Waals surface area contributed by atoms with Crippen molar-refractivity contribution < 1.29 is 13.5 Å². The second kappa shape index (κ2) is 6.87. The summed E-state index contributed by atoms with van der Waals surface area (Å²) in [7, 11) is 0. The lowest BCUT2D eigenvalue weighted by Gasteiger charge is -2.09. The zero-order valence-electron chi connectivity index (χ0n) is 9.72. The maximum Gasteiger partial charge on any atom is 0.190 e. The average Bonchev–Trinajstić information content (AvgIpc) is 2.30. The molecular formula is C13H15F2NO. The van der Waals surface area contributed by atoms with Crippen LogP contribution in [0.3, 0.4) is 0 Å². The molecule has 1 rings (SSSR count). The summed E-state index contributed by atoms with van der Waals surface area (Å²) in [5.41, 5.74) is 0.547. The molecule has 4 heteroatoms. The first-order valence-electron chi connectivity index (χ1n) is 5.44. The van der Waals surface area contributed by atoms with Crippen LogP contribution >= 0.6 is 0 Å². The van der Waals surface area contributed by atoms with E-state index in [-0.39, 0.29) is 12.4 Å². The number of hydrogen-bond donors (Lipinski definition) is 1. The van der Waals surface area contributed by atoms with E-state index in [1.165, 1.54) is 12.1 Å². The number of nitrogens with one attached hydrogen (secondary N) is 1. The van der Waals surface area contributed by atoms with Crippen molar-refractivity contribution in [3.8, 4) is 18.1 Å². The number of benzene rings is 1. The van der Waals surface area contributed by atoms with Gasteiger partial charge < -0.3 is 10.1 Å². The number of ether oxygens (including phenoxy) is 1. The second-order valence-corrected chi connectivity index (χ2v) is 3.47. The van der Waals surface area contributed by atoms with Crippen molar-refractivity contribution in [3.63, 3.8) is 0 Å². The van der Waals surface area contributed by atoms with E-state index in [9.17, 15) is 8.78 Å². The maximum absolute atomic E-state index is 13.5. The lowest BCUT2D eigenvalue weighted by atomic mass is 10.2. The summed E-state index contributed by atoms with van der Waals surface area (Å²) < 4.78 is 32.0. The fourth-order valence-electron chi connectivity index (χ4n) is 1.33. The highest BCUT2D eigenvalue weighted by Gasteiger charge is 2.12. The van der Waals surface area contributed by atoms with E-state index in [1.807, 2.05) is 6.92 Å². The number of terminal acetylenes is 1. The van der Waals surface area contributed by atoms with E-state index in [4.69, 9.17) is 11.2 Å². The van der Waals surface area contributed by atoms with Crippen LogP contribution in [0.5, 0.6) is 5.75 Å². The van der Waals surface area contributed by atoms with Crippen molar-refractivity contribution in [1.29, 1.82) is 0 Å². The first-order chi connectivity index (χ1) is 8.19. The van der Waals surface area contributed by atoms with Gasteiger partial charge in [0.05, 0.1) is 6.61 Å². The SMILES string of the molecule is C#CCCOc1c(F)cc(CNCC)cc1F. The third-order valence-electron chi connectivity index (χ3n) is 2.13. The Morgan fingerprint density at radius 1 is 1.35 bits per heavy atom. The minimum absolute atomic E-state index is 0.108. The molecule has 0 saturated carbocycles. The molecule has 0 aliphatic heterocycles. The van der Waals surface area contributed by atoms with Crippen molar-refractivity contribution in [2.45, 2.75) is 19.9 Å². The molecule has 1 aromatic rings. The Morgan fingerprint density at radius 3 is 2.53 bits per heavy atom. The molecule has 0 aliphatic carbocycles. The maximum atomic E-state index is 13.5. The van der Waals surface area contributed by atoms with Crippen molar-refractivity contribution in [2.24, 2.45) is 0 Å². The Balaban J connectivity index is 2.76. The summed E-state index contributed by atoms with van der Waals surface area (Å²) in [6.45, 7) is 3.19. The first-order valence-corrected chi connectivity index (χ1v) is 5.44. The van der Waals surface area contributed by atoms with Gasteiger partial charge in [0.2, 0.25) is 0 Å². The van der Waals surface area contributed by atoms with Crippen LogP contribution in [0.4, 0.5) is 8.78 Å². The van der Waals surface area contributed by atoms with Crippen LogP contribution in [0.25, 0.3) is 0 Å². The highest BCUT2D eigenvalue weighted by atomic mass is 19.1. The van der Waals surface area contributed by atoms with Crippen LogP contribution in [0.15, 0.2) is 12.1 Å². The molecule has 0 heterocycles. The molecule has 0 fully saturated rings. The van der Waals surface area contributed by atoms with Crippen LogP contribution < -0.4 is 10.1 Å². The van der Waals surface area contributed by atoms with Gasteiger partial charge >= 0.3 is 0 Å². The van der Waals surface area contributed by atoms with Gasteiger partial charge in [0, 0.05) is 13.0 Å². The molecule has 1 aromatic carbocycles. The van der Waals surface area contributed by atoms with Crippen molar-refractivity contribution in [1.82, 2.24) is 5.32 Å². The summed E-state index contributed by atoms with van der Waals surface area (Å²) in [5.74, 6) is 0.577. The molecular weight excluding hydrogens is 224 g/mol. The summed E-state index contributed by atoms with van der Waals surface area (Å²) in [5, 5.41) is 2.99. The number of rotatable bonds is 6. The molecule has 17 heavy (non-hydrogen) atoms. The second-order valence-electron chi connectivity index (χ2n) is 3.47. The zero-order chi connectivity index (χ0) is 12.7. The third-order valence-corrected chi connectivity index (χ3v) is 2.13. The summed E-state index contributed by atoms with van der Waals surface area (Å²) in [6, 6.07) is 2.52. The molecule has 0 aliphatic rings. The lowest BCUT2D eigenvalue weighted by Crippen LogP contribution is -2.12. The van der Waals surface area contributed by atoms with Gasteiger partial charge in [-0.05, 0) is 24.2 Å². The Kier molecular flexibility index (Phi) is 5.44. The van der Waals surface area contributed by atoms with Gasteiger partial charge in [-0.25, -0.2) is 8.78 Å². The van der Waals surface area contributed by atoms with Gasteiger partial charge in [-0.2, -0.15) is 0 Å². The van der Waals surface area contributed by atoms with Gasteiger partial charge in [0.15, 0.2) is 17.4 Å². The van der Waals surface area contributed by atoms with Gasteiger partial charge in [0.1, 0.15) is 0 Å². The smallest absolute Gasteiger partial charge is 0.190 e. The van der Waals surface area contributed by atoms with Crippen molar-refractivity contribution >= 4 is 0 Å². The minimum atomic E-state index is -0.699. The van der Waals surface area contributed by atoms with Crippen molar-refractivity contribution in [2.75, 3.05) is 13.2 Å². The highest BCUT2D eigenvalue weighted by molar-refractivity contribution is 5.31.